The molecule has 0 bridgehead atoms. The van der Waals surface area contributed by atoms with E-state index in [-0.39, 0.29) is 18.4 Å². The van der Waals surface area contributed by atoms with Gasteiger partial charge in [-0.15, -0.1) is 11.8 Å². The molecule has 6 nitrogen and oxygen atoms in total. The molecule has 0 saturated carbocycles. The van der Waals surface area contributed by atoms with Gasteiger partial charge in [0.2, 0.25) is 5.43 Å². The van der Waals surface area contributed by atoms with Crippen LogP contribution in [0.15, 0.2) is 70.5 Å². The predicted molar refractivity (Wildman–Crippen MR) is 107 cm³/mol. The Morgan fingerprint density at radius 2 is 1.75 bits per heavy atom. The second kappa shape index (κ2) is 6.45. The number of amides is 1. The lowest BCUT2D eigenvalue weighted by atomic mass is 9.94. The summed E-state index contributed by atoms with van der Waals surface area (Å²) < 4.78 is 1.60. The molecule has 0 aliphatic carbocycles. The molecule has 1 atom stereocenters. The Hall–Kier alpha value is -3.19. The SMILES string of the molecule is O=C1NCN([C@@H]2c3ccccc3CSc3ccccc32)n2ccc(=O)c(O)c21. The molecule has 0 spiro atoms. The molecule has 0 fully saturated rings. The molecule has 2 N–H and O–H groups in total. The van der Waals surface area contributed by atoms with Crippen molar-refractivity contribution in [1.82, 2.24) is 9.99 Å². The zero-order valence-electron chi connectivity index (χ0n) is 14.8. The summed E-state index contributed by atoms with van der Waals surface area (Å²) in [6, 6.07) is 17.6. The van der Waals surface area contributed by atoms with Crippen molar-refractivity contribution < 1.29 is 9.90 Å². The first-order valence-corrected chi connectivity index (χ1v) is 9.93. The number of rotatable bonds is 1. The summed E-state index contributed by atoms with van der Waals surface area (Å²) in [5, 5.41) is 15.0. The highest BCUT2D eigenvalue weighted by molar-refractivity contribution is 7.98. The molecule has 0 saturated heterocycles. The molecule has 1 aromatic heterocycles. The molecule has 140 valence electrons. The van der Waals surface area contributed by atoms with Gasteiger partial charge >= 0.3 is 0 Å². The number of aromatic hydroxyl groups is 1. The van der Waals surface area contributed by atoms with Crippen LogP contribution in [-0.4, -0.2) is 22.4 Å². The summed E-state index contributed by atoms with van der Waals surface area (Å²) >= 11 is 1.78. The zero-order chi connectivity index (χ0) is 19.3. The minimum atomic E-state index is -0.569. The number of carbonyl (C=O) groups excluding carboxylic acids is 1. The van der Waals surface area contributed by atoms with Crippen molar-refractivity contribution in [2.75, 3.05) is 11.7 Å². The van der Waals surface area contributed by atoms with Crippen LogP contribution in [0.4, 0.5) is 0 Å². The van der Waals surface area contributed by atoms with Gasteiger partial charge in [-0.05, 0) is 22.8 Å². The van der Waals surface area contributed by atoms with E-state index in [9.17, 15) is 14.7 Å². The topological polar surface area (TPSA) is 74.6 Å². The highest BCUT2D eigenvalue weighted by Crippen LogP contribution is 2.42. The first-order valence-electron chi connectivity index (χ1n) is 8.94. The summed E-state index contributed by atoms with van der Waals surface area (Å²) in [5.74, 6) is -0.142. The van der Waals surface area contributed by atoms with Crippen LogP contribution in [0.2, 0.25) is 0 Å². The van der Waals surface area contributed by atoms with Crippen molar-refractivity contribution in [1.29, 1.82) is 0 Å². The van der Waals surface area contributed by atoms with Gasteiger partial charge < -0.3 is 10.4 Å². The van der Waals surface area contributed by atoms with Gasteiger partial charge in [-0.1, -0.05) is 42.5 Å². The number of thioether (sulfide) groups is 1. The molecule has 2 aromatic carbocycles. The average molecular weight is 391 g/mol. The van der Waals surface area contributed by atoms with Crippen LogP contribution < -0.4 is 15.8 Å². The van der Waals surface area contributed by atoms with Crippen LogP contribution >= 0.6 is 11.8 Å². The van der Waals surface area contributed by atoms with Crippen LogP contribution in [0.5, 0.6) is 5.75 Å². The summed E-state index contributed by atoms with van der Waals surface area (Å²) in [5.41, 5.74) is 2.88. The minimum Gasteiger partial charge on any atom is -0.502 e. The van der Waals surface area contributed by atoms with Crippen LogP contribution in [0.1, 0.15) is 33.2 Å². The van der Waals surface area contributed by atoms with Gasteiger partial charge in [-0.3, -0.25) is 19.3 Å². The third-order valence-electron chi connectivity index (χ3n) is 5.19. The summed E-state index contributed by atoms with van der Waals surface area (Å²) in [7, 11) is 0. The fraction of sp³-hybridized carbons (Fsp3) is 0.143. The highest BCUT2D eigenvalue weighted by Gasteiger charge is 2.34. The smallest absolute Gasteiger partial charge is 0.275 e. The molecule has 2 aliphatic rings. The molecule has 3 heterocycles. The highest BCUT2D eigenvalue weighted by atomic mass is 32.2. The van der Waals surface area contributed by atoms with Crippen molar-refractivity contribution >= 4 is 17.7 Å². The Labute approximate surface area is 165 Å². The number of hydrogen-bond acceptors (Lipinski definition) is 5. The fourth-order valence-electron chi connectivity index (χ4n) is 3.89. The second-order valence-electron chi connectivity index (χ2n) is 6.75. The average Bonchev–Trinajstić information content (AvgIpc) is 2.88. The molecule has 28 heavy (non-hydrogen) atoms. The molecule has 7 heteroatoms. The third-order valence-corrected chi connectivity index (χ3v) is 6.33. The van der Waals surface area contributed by atoms with E-state index in [0.29, 0.717) is 0 Å². The van der Waals surface area contributed by atoms with Crippen LogP contribution in [0.25, 0.3) is 0 Å². The Morgan fingerprint density at radius 3 is 2.61 bits per heavy atom. The quantitative estimate of drug-likeness (QED) is 0.667. The van der Waals surface area contributed by atoms with E-state index in [0.717, 1.165) is 16.9 Å². The van der Waals surface area contributed by atoms with Gasteiger partial charge in [0.1, 0.15) is 6.67 Å². The molecule has 3 aromatic rings. The number of nitrogens with one attached hydrogen (secondary N) is 1. The molecule has 1 amide bonds. The van der Waals surface area contributed by atoms with Crippen LogP contribution in [0.3, 0.4) is 0 Å². The van der Waals surface area contributed by atoms with Gasteiger partial charge in [0, 0.05) is 22.9 Å². The zero-order valence-corrected chi connectivity index (χ0v) is 15.6. The fourth-order valence-corrected chi connectivity index (χ4v) is 4.98. The Morgan fingerprint density at radius 1 is 1.00 bits per heavy atom. The largest absolute Gasteiger partial charge is 0.502 e. The van der Waals surface area contributed by atoms with Gasteiger partial charge in [0.25, 0.3) is 5.91 Å². The van der Waals surface area contributed by atoms with E-state index >= 15 is 0 Å². The number of benzene rings is 2. The second-order valence-corrected chi connectivity index (χ2v) is 7.77. The van der Waals surface area contributed by atoms with Gasteiger partial charge in [-0.25, -0.2) is 0 Å². The van der Waals surface area contributed by atoms with Crippen molar-refractivity contribution in [2.45, 2.75) is 16.7 Å². The lowest BCUT2D eigenvalue weighted by molar-refractivity contribution is 0.0915. The Bertz CT molecular complexity index is 1110. The van der Waals surface area contributed by atoms with E-state index in [1.54, 1.807) is 22.6 Å². The number of fused-ring (bicyclic) bond motifs is 3. The normalized spacial score (nSPS) is 17.8. The Balaban J connectivity index is 1.77. The maximum Gasteiger partial charge on any atom is 0.275 e. The van der Waals surface area contributed by atoms with Crippen molar-refractivity contribution in [3.8, 4) is 5.75 Å². The molecule has 5 rings (SSSR count). The standard InChI is InChI=1S/C21H17N3O3S/c25-16-9-10-23-19(20(16)26)21(27)22-12-24(23)18-14-6-2-1-5-13(14)11-28-17-8-4-3-7-15(17)18/h1-10,18,26H,11-12H2,(H,22,27)/t18-/m1/s1. The van der Waals surface area contributed by atoms with E-state index in [2.05, 4.69) is 29.6 Å². The lowest BCUT2D eigenvalue weighted by Crippen LogP contribution is -2.53. The van der Waals surface area contributed by atoms with E-state index < -0.39 is 17.1 Å². The van der Waals surface area contributed by atoms with Crippen molar-refractivity contribution in [3.63, 3.8) is 0 Å². The molecule has 0 radical (unpaired) electrons. The number of hydrogen-bond donors (Lipinski definition) is 2. The van der Waals surface area contributed by atoms with Gasteiger partial charge in [0.15, 0.2) is 11.4 Å². The molecular weight excluding hydrogens is 374 g/mol. The summed E-state index contributed by atoms with van der Waals surface area (Å²) in [6.07, 6.45) is 1.55. The minimum absolute atomic E-state index is 0.0365. The third kappa shape index (κ3) is 2.51. The van der Waals surface area contributed by atoms with Crippen LogP contribution in [0, 0.1) is 0 Å². The van der Waals surface area contributed by atoms with E-state index in [4.69, 9.17) is 0 Å². The lowest BCUT2D eigenvalue weighted by Gasteiger charge is -2.40. The maximum atomic E-state index is 12.4. The van der Waals surface area contributed by atoms with Crippen molar-refractivity contribution in [3.05, 3.63) is 93.4 Å². The van der Waals surface area contributed by atoms with E-state index in [1.165, 1.54) is 16.5 Å². The first-order chi connectivity index (χ1) is 13.6. The predicted octanol–water partition coefficient (Wildman–Crippen LogP) is 2.59. The monoisotopic (exact) mass is 391 g/mol. The summed E-state index contributed by atoms with van der Waals surface area (Å²) in [4.78, 5) is 25.5. The number of aromatic nitrogens is 1. The molecule has 0 unspecified atom stereocenters. The van der Waals surface area contributed by atoms with Gasteiger partial charge in [0.05, 0.1) is 6.04 Å². The number of nitrogens with zero attached hydrogens (tertiary/aromatic N) is 2. The summed E-state index contributed by atoms with van der Waals surface area (Å²) in [6.45, 7) is 0.256. The van der Waals surface area contributed by atoms with Gasteiger partial charge in [-0.2, -0.15) is 0 Å². The molecule has 2 aliphatic heterocycles. The van der Waals surface area contributed by atoms with E-state index in [1.807, 2.05) is 29.3 Å². The van der Waals surface area contributed by atoms with Crippen molar-refractivity contribution in [2.24, 2.45) is 0 Å². The van der Waals surface area contributed by atoms with Crippen LogP contribution in [-0.2, 0) is 5.75 Å². The number of carbonyl (C=O) groups is 1. The maximum absolute atomic E-state index is 12.4. The molecular formula is C21H17N3O3S. The first kappa shape index (κ1) is 16.9. The number of pyridine rings is 1. The Kier molecular flexibility index (Phi) is 3.91.